The van der Waals surface area contributed by atoms with E-state index in [-0.39, 0.29) is 65.1 Å². The fourth-order valence-electron chi connectivity index (χ4n) is 14.9. The highest BCUT2D eigenvalue weighted by Gasteiger charge is 2.52. The molecule has 666 valence electrons. The third-order valence-corrected chi connectivity index (χ3v) is 22.7. The average Bonchev–Trinajstić information content (AvgIpc) is 0.749. The molecule has 7 aliphatic rings. The number of nitrogens with zero attached hydrogens (tertiary/aromatic N) is 2. The van der Waals surface area contributed by atoms with E-state index in [0.717, 1.165) is 73.8 Å². The molecule has 0 spiro atoms. The van der Waals surface area contributed by atoms with Crippen LogP contribution in [0.5, 0.6) is 46.0 Å². The number of likely N-dealkylation sites (N-methyl/N-ethyl adjacent to an activating group) is 1. The molecule has 18 atom stereocenters. The number of aromatic nitrogens is 2. The normalized spacial score (nSPS) is 26.0. The van der Waals surface area contributed by atoms with Crippen LogP contribution in [0, 0.1) is 5.92 Å². The van der Waals surface area contributed by atoms with E-state index in [9.17, 15) is 69.9 Å². The monoisotopic (exact) mass is 1810 g/mol. The van der Waals surface area contributed by atoms with E-state index >= 15 is 24.0 Å². The number of hydrogen-bond donors (Lipinski definition) is 20. The van der Waals surface area contributed by atoms with Gasteiger partial charge in [-0.15, -0.1) is 0 Å². The summed E-state index contributed by atoms with van der Waals surface area (Å²) in [6, 6.07) is 5.65. The van der Waals surface area contributed by atoms with Crippen molar-refractivity contribution in [3.63, 3.8) is 0 Å². The molecule has 14 rings (SSSR count). The number of fused-ring (bicyclic) bond motifs is 15. The Kier molecular flexibility index (Phi) is 29.3. The van der Waals surface area contributed by atoms with Crippen molar-refractivity contribution >= 4 is 111 Å². The number of phenols is 3. The smallest absolute Gasteiger partial charge is 0.349 e. The Hall–Kier alpha value is -11.4. The first-order chi connectivity index (χ1) is 59.3. The van der Waals surface area contributed by atoms with Gasteiger partial charge in [0.25, 0.3) is 5.91 Å². The van der Waals surface area contributed by atoms with E-state index in [4.69, 9.17) is 85.4 Å². The number of aliphatic hydroxyl groups excluding tert-OH is 6. The molecule has 0 radical (unpaired) electrons. The number of carbonyl (C=O) groups is 9. The van der Waals surface area contributed by atoms with Crippen LogP contribution in [0.3, 0.4) is 0 Å². The number of nitrogens with one attached hydrogen (secondary N) is 10. The fourth-order valence-corrected chi connectivity index (χ4v) is 15.7. The number of hydroxylamine groups is 1. The predicted molar refractivity (Wildman–Crippen MR) is 443 cm³/mol. The lowest BCUT2D eigenvalue weighted by Gasteiger charge is -2.48. The van der Waals surface area contributed by atoms with Gasteiger partial charge in [0.05, 0.1) is 58.5 Å². The Morgan fingerprint density at radius 2 is 1.37 bits per heavy atom. The van der Waals surface area contributed by atoms with Gasteiger partial charge in [-0.3, -0.25) is 52.6 Å². The average molecular weight is 1810 g/mol. The minimum Gasteiger partial charge on any atom is -0.508 e. The highest BCUT2D eigenvalue weighted by molar-refractivity contribution is 6.42. The Balaban J connectivity index is 0.992. The lowest BCUT2D eigenvalue weighted by Crippen LogP contribution is -2.65. The van der Waals surface area contributed by atoms with E-state index in [0.29, 0.717) is 10.6 Å². The quantitative estimate of drug-likeness (QED) is 0.0363. The highest BCUT2D eigenvalue weighted by atomic mass is 35.5. The van der Waals surface area contributed by atoms with Crippen molar-refractivity contribution in [3.05, 3.63) is 179 Å². The van der Waals surface area contributed by atoms with Crippen LogP contribution in [0.15, 0.2) is 120 Å². The maximum absolute atomic E-state index is 16.3. The van der Waals surface area contributed by atoms with Gasteiger partial charge in [-0.1, -0.05) is 84.5 Å². The molecule has 9 amide bonds. The van der Waals surface area contributed by atoms with E-state index < -0.39 is 254 Å². The number of rotatable bonds is 21. The van der Waals surface area contributed by atoms with Gasteiger partial charge in [0, 0.05) is 54.5 Å². The minimum absolute atomic E-state index is 0.0445. The van der Waals surface area contributed by atoms with Crippen LogP contribution >= 0.6 is 46.4 Å². The van der Waals surface area contributed by atoms with Crippen molar-refractivity contribution < 1.29 is 122 Å². The summed E-state index contributed by atoms with van der Waals surface area (Å²) in [6.45, 7) is 5.57. The number of anilines is 1. The summed E-state index contributed by atoms with van der Waals surface area (Å²) >= 11 is 26.5. The first kappa shape index (κ1) is 92.8. The van der Waals surface area contributed by atoms with E-state index in [1.54, 1.807) is 25.1 Å². The number of aromatic hydroxyl groups is 3. The number of phenolic OH excluding ortho intramolecular Hbond substituents is 3. The number of carbonyl (C=O) groups excluding carboxylic acids is 9. The molecule has 8 heterocycles. The van der Waals surface area contributed by atoms with Crippen molar-refractivity contribution in [1.29, 1.82) is 0 Å². The van der Waals surface area contributed by atoms with Crippen molar-refractivity contribution in [1.82, 2.24) is 57.6 Å². The number of amides is 9. The topological polar surface area (TPSA) is 582 Å². The second kappa shape index (κ2) is 39.5. The third kappa shape index (κ3) is 21.1. The summed E-state index contributed by atoms with van der Waals surface area (Å²) in [7, 11) is 2.50. The molecule has 0 unspecified atom stereocenters. The summed E-state index contributed by atoms with van der Waals surface area (Å²) < 4.78 is 40.6. The zero-order valence-electron chi connectivity index (χ0n) is 67.1. The molecule has 2 saturated heterocycles. The SMILES string of the molecule is CN[C@H](CC(C)C)C(=O)N[C@H]1C(=O)N[C@@H](CC(N)=O)C(=O)N[C@H]2C(=O)N[C@H]3C(=O)N[C@H](C(=O)N[C@@H](C(=O)NOC)c4cc(O)cc(O)c4-c4cc3ccc4O)[C@H](O)c3ccc(c(Cl)c3)Oc3cc2cc(c3O[C@@H]2O[C@H](CO)[C@@H](O)[C@H](O)[C@H]2O[C@H]2C[C@](C)(NCCn3ccc(NC(=O)/C=C/c4ccc(Cl)c(Cl)c4)nc3=O)[C@H](O)[C@H](C)O2)Oc2ccc(cc2Cl)[C@H]1O. The first-order valence-electron chi connectivity index (χ1n) is 38.9. The van der Waals surface area contributed by atoms with Crippen molar-refractivity contribution in [2.75, 3.05) is 32.6 Å². The Morgan fingerprint density at radius 3 is 2.00 bits per heavy atom. The van der Waals surface area contributed by atoms with Crippen LogP contribution in [-0.4, -0.2) is 215 Å². The van der Waals surface area contributed by atoms with E-state index in [2.05, 4.69) is 58.3 Å². The number of nitrogens with two attached hydrogens (primary N) is 1. The number of ether oxygens (including phenoxy) is 6. The van der Waals surface area contributed by atoms with Crippen LogP contribution in [0.4, 0.5) is 5.82 Å². The molecule has 43 heteroatoms. The van der Waals surface area contributed by atoms with Crippen LogP contribution in [0.1, 0.15) is 111 Å². The van der Waals surface area contributed by atoms with Gasteiger partial charge in [0.1, 0.15) is 101 Å². The molecule has 1 aromatic heterocycles. The summed E-state index contributed by atoms with van der Waals surface area (Å²) in [4.78, 5) is 155. The van der Waals surface area contributed by atoms with Gasteiger partial charge in [-0.25, -0.2) is 10.3 Å². The van der Waals surface area contributed by atoms with Crippen molar-refractivity contribution in [2.45, 2.75) is 163 Å². The molecular formula is C82H89Cl4N13O26. The molecule has 0 aliphatic carbocycles. The van der Waals surface area contributed by atoms with Crippen molar-refractivity contribution in [3.8, 4) is 57.1 Å². The molecule has 7 aromatic rings. The molecule has 0 saturated carbocycles. The Morgan fingerprint density at radius 1 is 0.712 bits per heavy atom. The maximum Gasteiger partial charge on any atom is 0.349 e. The highest BCUT2D eigenvalue weighted by Crippen LogP contribution is 2.50. The second-order valence-electron chi connectivity index (χ2n) is 30.7. The van der Waals surface area contributed by atoms with Gasteiger partial charge in [-0.05, 0) is 145 Å². The number of benzene rings is 6. The van der Waals surface area contributed by atoms with Crippen LogP contribution in [-0.2, 0) is 68.7 Å². The molecule has 7 aliphatic heterocycles. The van der Waals surface area contributed by atoms with Crippen LogP contribution in [0.2, 0.25) is 20.1 Å². The van der Waals surface area contributed by atoms with Gasteiger partial charge in [-0.2, -0.15) is 4.98 Å². The number of primary amides is 1. The predicted octanol–water partition coefficient (Wildman–Crippen LogP) is 2.55. The minimum atomic E-state index is -2.39. The van der Waals surface area contributed by atoms with Gasteiger partial charge < -0.3 is 128 Å². The summed E-state index contributed by atoms with van der Waals surface area (Å²) in [5.41, 5.74) is 3.56. The van der Waals surface area contributed by atoms with Crippen LogP contribution in [0.25, 0.3) is 17.2 Å². The summed E-state index contributed by atoms with van der Waals surface area (Å²) in [5.74, 6) is -16.2. The first-order valence-corrected chi connectivity index (χ1v) is 40.4. The van der Waals surface area contributed by atoms with Crippen LogP contribution < -0.4 is 79.0 Å². The summed E-state index contributed by atoms with van der Waals surface area (Å²) in [5, 5.41) is 130. The lowest BCUT2D eigenvalue weighted by atomic mass is 9.85. The fraction of sp³-hybridized carbons (Fsp3) is 0.378. The molecule has 125 heavy (non-hydrogen) atoms. The number of aliphatic hydroxyl groups is 6. The lowest BCUT2D eigenvalue weighted by molar-refractivity contribution is -0.334. The van der Waals surface area contributed by atoms with Gasteiger partial charge in [0.2, 0.25) is 59.3 Å². The molecule has 21 N–H and O–H groups in total. The number of halogens is 4. The van der Waals surface area contributed by atoms with E-state index in [1.807, 2.05) is 13.8 Å². The zero-order chi connectivity index (χ0) is 90.5. The van der Waals surface area contributed by atoms with Gasteiger partial charge in [0.15, 0.2) is 23.9 Å². The van der Waals surface area contributed by atoms with E-state index in [1.165, 1.54) is 55.1 Å². The Labute approximate surface area is 731 Å². The third-order valence-electron chi connectivity index (χ3n) is 21.3. The van der Waals surface area contributed by atoms with Gasteiger partial charge >= 0.3 is 5.69 Å². The van der Waals surface area contributed by atoms with Crippen molar-refractivity contribution in [2.24, 2.45) is 11.7 Å². The number of hydrogen-bond acceptors (Lipinski definition) is 29. The molecular weight excluding hydrogens is 1720 g/mol. The zero-order valence-corrected chi connectivity index (χ0v) is 70.2. The standard InChI is InChI=1S/C82H89Cl4N13O26/c1-33(2)21-47(88-5)73(111)96-64-66(106)37-10-14-51(45(85)24-37)121-53-26-39-27-54(70(53)125-80-71(69(109)68(108)55(32-100)123-80)124-59-31-82(4,72(110)34(3)120-59)89-18-20-99-19-17-57(92-81(99)118)91-58(105)16-8-35-7-12-43(83)44(84)22-35)122-52-15-11-38(25-46(52)86)67(107)65-78(116)95-63(79(117)98-119-6)42-28-40(101)29-50(103)60(42)41-23-36(9-13-49(41)102)61(75(113)97-65)94-76(114)62(39)93-74(112)48(30-56(87)104)90-77(64)115/h7-17,19,22-29,33-34,47-48,55,59,61-69,71-72,80,88-89,100-103,106-110H,18,20-21,30-32H2,1-6H3,(H2,87,104)(H,90,115)(H,93,112)(H,94,114)(H,95,116)(H,96,111)(H,97,113)(H,98,117)(H,91,92,105,118)/b16-8+/t34-,47+,48-,55+,59-,61+,62+,63+,64+,65-,66+,67+,68+,69-,71+,72+,80-,82-/m0/s1. The maximum atomic E-state index is 16.3. The summed E-state index contributed by atoms with van der Waals surface area (Å²) in [6.07, 6.45) is -15.5. The molecule has 11 bridgehead atoms. The molecule has 2 fully saturated rings. The largest absolute Gasteiger partial charge is 0.508 e. The second-order valence-corrected chi connectivity index (χ2v) is 32.3. The molecule has 6 aromatic carbocycles. The molecule has 39 nitrogen and oxygen atoms in total. The Bertz CT molecular complexity index is 5420.